The Morgan fingerprint density at radius 2 is 2.00 bits per heavy atom. The Hall–Kier alpha value is -3.20. The topological polar surface area (TPSA) is 87.7 Å². The Morgan fingerprint density at radius 1 is 1.27 bits per heavy atom. The number of hydrogen-bond donors (Lipinski definition) is 2. The van der Waals surface area contributed by atoms with E-state index >= 15 is 0 Å². The van der Waals surface area contributed by atoms with Crippen molar-refractivity contribution in [3.63, 3.8) is 0 Å². The number of nitrogens with one attached hydrogen (secondary N) is 2. The van der Waals surface area contributed by atoms with Crippen LogP contribution in [-0.2, 0) is 14.3 Å². The van der Waals surface area contributed by atoms with Gasteiger partial charge in [0.2, 0.25) is 5.91 Å². The predicted octanol–water partition coefficient (Wildman–Crippen LogP) is 3.41. The summed E-state index contributed by atoms with van der Waals surface area (Å²) in [7, 11) is 0. The zero-order chi connectivity index (χ0) is 21.4. The minimum atomic E-state index is -0.661. The van der Waals surface area contributed by atoms with E-state index in [1.807, 2.05) is 31.2 Å². The lowest BCUT2D eigenvalue weighted by atomic mass is 9.95. The molecule has 0 radical (unpaired) electrons. The summed E-state index contributed by atoms with van der Waals surface area (Å²) in [5.74, 6) is -1.76. The van der Waals surface area contributed by atoms with Gasteiger partial charge in [-0.05, 0) is 30.7 Å². The highest BCUT2D eigenvalue weighted by atomic mass is 79.9. The second-order valence-electron chi connectivity index (χ2n) is 6.99. The Kier molecular flexibility index (Phi) is 5.29. The van der Waals surface area contributed by atoms with Crippen molar-refractivity contribution in [1.82, 2.24) is 10.2 Å². The molecular weight excluding hydrogens is 457 g/mol. The van der Waals surface area contributed by atoms with E-state index in [2.05, 4.69) is 26.6 Å². The Balaban J connectivity index is 1.59. The number of nitrogens with zero attached hydrogens (tertiary/aromatic N) is 1. The third kappa shape index (κ3) is 3.80. The van der Waals surface area contributed by atoms with Gasteiger partial charge in [0, 0.05) is 4.47 Å². The molecule has 154 valence electrons. The highest BCUT2D eigenvalue weighted by Crippen LogP contribution is 2.35. The van der Waals surface area contributed by atoms with Gasteiger partial charge in [0.25, 0.3) is 0 Å². The molecule has 0 unspecified atom stereocenters. The van der Waals surface area contributed by atoms with E-state index in [4.69, 9.17) is 4.74 Å². The van der Waals surface area contributed by atoms with Crippen LogP contribution in [0.4, 0.5) is 14.9 Å². The van der Waals surface area contributed by atoms with Crippen LogP contribution in [0.2, 0.25) is 0 Å². The standard InChI is InChI=1S/C21H17BrFN3O4/c1-11-2-4-12(5-3-11)19-18-16(10-30-20(18)28)26(21(29)25-19)9-17(27)24-15-7-6-13(22)8-14(15)23/h2-8,19H,9-10H2,1H3,(H,24,27)(H,25,29)/t19-/m0/s1. The van der Waals surface area contributed by atoms with Crippen molar-refractivity contribution in [2.75, 3.05) is 18.5 Å². The predicted molar refractivity (Wildman–Crippen MR) is 110 cm³/mol. The first-order valence-corrected chi connectivity index (χ1v) is 9.92. The number of halogens is 2. The van der Waals surface area contributed by atoms with Crippen LogP contribution >= 0.6 is 15.9 Å². The fourth-order valence-electron chi connectivity index (χ4n) is 3.41. The average molecular weight is 474 g/mol. The Labute approximate surface area is 180 Å². The maximum absolute atomic E-state index is 14.0. The summed E-state index contributed by atoms with van der Waals surface area (Å²) >= 11 is 3.15. The smallest absolute Gasteiger partial charge is 0.338 e. The van der Waals surface area contributed by atoms with Crippen LogP contribution in [0, 0.1) is 12.7 Å². The van der Waals surface area contributed by atoms with Crippen molar-refractivity contribution in [2.45, 2.75) is 13.0 Å². The number of amides is 3. The third-order valence-corrected chi connectivity index (χ3v) is 5.41. The minimum absolute atomic E-state index is 0.00824. The van der Waals surface area contributed by atoms with Crippen LogP contribution in [0.25, 0.3) is 0 Å². The van der Waals surface area contributed by atoms with Crippen molar-refractivity contribution in [3.8, 4) is 0 Å². The summed E-state index contributed by atoms with van der Waals surface area (Å²) in [6.45, 7) is 1.44. The quantitative estimate of drug-likeness (QED) is 0.666. The fourth-order valence-corrected chi connectivity index (χ4v) is 3.74. The lowest BCUT2D eigenvalue weighted by Gasteiger charge is -2.32. The molecule has 4 rings (SSSR count). The number of esters is 1. The van der Waals surface area contributed by atoms with Gasteiger partial charge in [-0.2, -0.15) is 0 Å². The maximum Gasteiger partial charge on any atom is 0.338 e. The molecule has 2 aromatic carbocycles. The molecule has 2 aromatic rings. The summed E-state index contributed by atoms with van der Waals surface area (Å²) in [6, 6.07) is 10.4. The number of rotatable bonds is 4. The molecule has 7 nitrogen and oxygen atoms in total. The third-order valence-electron chi connectivity index (χ3n) is 4.92. The molecule has 0 aromatic heterocycles. The van der Waals surface area contributed by atoms with Gasteiger partial charge in [-0.1, -0.05) is 45.8 Å². The molecule has 0 bridgehead atoms. The van der Waals surface area contributed by atoms with E-state index in [0.29, 0.717) is 15.7 Å². The molecule has 1 atom stereocenters. The Bertz CT molecular complexity index is 1080. The first-order chi connectivity index (χ1) is 14.3. The van der Waals surface area contributed by atoms with E-state index in [-0.39, 0.29) is 12.3 Å². The van der Waals surface area contributed by atoms with Gasteiger partial charge in [-0.15, -0.1) is 0 Å². The van der Waals surface area contributed by atoms with Crippen molar-refractivity contribution in [1.29, 1.82) is 0 Å². The fraction of sp³-hybridized carbons (Fsp3) is 0.190. The van der Waals surface area contributed by atoms with Gasteiger partial charge < -0.3 is 15.4 Å². The highest BCUT2D eigenvalue weighted by molar-refractivity contribution is 9.10. The molecule has 2 N–H and O–H groups in total. The van der Waals surface area contributed by atoms with E-state index in [0.717, 1.165) is 16.0 Å². The molecule has 3 amide bonds. The first kappa shape index (κ1) is 20.1. The molecule has 0 saturated heterocycles. The number of carbonyl (C=O) groups excluding carboxylic acids is 3. The van der Waals surface area contributed by atoms with Gasteiger partial charge in [0.05, 0.1) is 23.0 Å². The highest BCUT2D eigenvalue weighted by Gasteiger charge is 2.42. The first-order valence-electron chi connectivity index (χ1n) is 9.13. The van der Waals surface area contributed by atoms with Crippen molar-refractivity contribution < 1.29 is 23.5 Å². The van der Waals surface area contributed by atoms with Crippen molar-refractivity contribution in [3.05, 3.63) is 75.2 Å². The number of ether oxygens (including phenoxy) is 1. The molecule has 0 fully saturated rings. The number of cyclic esters (lactones) is 1. The summed E-state index contributed by atoms with van der Waals surface area (Å²) in [5, 5.41) is 5.20. The van der Waals surface area contributed by atoms with Crippen LogP contribution in [-0.4, -0.2) is 36.0 Å². The lowest BCUT2D eigenvalue weighted by Crippen LogP contribution is -2.49. The van der Waals surface area contributed by atoms with E-state index in [1.54, 1.807) is 6.07 Å². The summed E-state index contributed by atoms with van der Waals surface area (Å²) in [5.41, 5.74) is 2.40. The van der Waals surface area contributed by atoms with E-state index < -0.39 is 36.3 Å². The molecule has 0 spiro atoms. The van der Waals surface area contributed by atoms with Gasteiger partial charge >= 0.3 is 12.0 Å². The Morgan fingerprint density at radius 3 is 2.70 bits per heavy atom. The van der Waals surface area contributed by atoms with E-state index in [1.165, 1.54) is 12.1 Å². The number of benzene rings is 2. The van der Waals surface area contributed by atoms with Crippen LogP contribution in [0.1, 0.15) is 17.2 Å². The van der Waals surface area contributed by atoms with Crippen LogP contribution in [0.15, 0.2) is 58.2 Å². The number of carbonyl (C=O) groups is 3. The number of urea groups is 1. The molecule has 2 aliphatic heterocycles. The number of aryl methyl sites for hydroxylation is 1. The molecule has 0 aliphatic carbocycles. The summed E-state index contributed by atoms with van der Waals surface area (Å²) < 4.78 is 19.7. The SMILES string of the molecule is Cc1ccc([C@@H]2NC(=O)N(CC(=O)Nc3ccc(Br)cc3F)C3=C2C(=O)OC3)cc1. The lowest BCUT2D eigenvalue weighted by molar-refractivity contribution is -0.136. The van der Waals surface area contributed by atoms with Crippen LogP contribution in [0.3, 0.4) is 0 Å². The average Bonchev–Trinajstić information content (AvgIpc) is 3.08. The number of hydrogen-bond acceptors (Lipinski definition) is 4. The van der Waals surface area contributed by atoms with Gasteiger partial charge in [-0.25, -0.2) is 14.0 Å². The molecule has 30 heavy (non-hydrogen) atoms. The van der Waals surface area contributed by atoms with Crippen molar-refractivity contribution in [2.24, 2.45) is 0 Å². The second-order valence-corrected chi connectivity index (χ2v) is 7.90. The van der Waals surface area contributed by atoms with Crippen molar-refractivity contribution >= 4 is 39.5 Å². The maximum atomic E-state index is 14.0. The van der Waals surface area contributed by atoms with Gasteiger partial charge in [0.15, 0.2) is 0 Å². The second kappa shape index (κ2) is 7.91. The molecule has 9 heteroatoms. The minimum Gasteiger partial charge on any atom is -0.456 e. The van der Waals surface area contributed by atoms with Crippen LogP contribution < -0.4 is 10.6 Å². The summed E-state index contributed by atoms with van der Waals surface area (Å²) in [4.78, 5) is 38.7. The zero-order valence-electron chi connectivity index (χ0n) is 15.9. The molecule has 0 saturated carbocycles. The van der Waals surface area contributed by atoms with E-state index in [9.17, 15) is 18.8 Å². The van der Waals surface area contributed by atoms with Crippen LogP contribution in [0.5, 0.6) is 0 Å². The summed E-state index contributed by atoms with van der Waals surface area (Å²) in [6.07, 6.45) is 0. The monoisotopic (exact) mass is 473 g/mol. The number of anilines is 1. The normalized spacial score (nSPS) is 18.1. The molecular formula is C21H17BrFN3O4. The largest absolute Gasteiger partial charge is 0.456 e. The zero-order valence-corrected chi connectivity index (χ0v) is 17.5. The molecule has 2 aliphatic rings. The molecule has 2 heterocycles. The van der Waals surface area contributed by atoms with Gasteiger partial charge in [-0.3, -0.25) is 9.69 Å². The van der Waals surface area contributed by atoms with Gasteiger partial charge in [0.1, 0.15) is 19.0 Å².